The lowest BCUT2D eigenvalue weighted by Gasteiger charge is -2.08. The first-order chi connectivity index (χ1) is 13.1. The minimum absolute atomic E-state index is 0.230. The van der Waals surface area contributed by atoms with Crippen molar-refractivity contribution in [2.45, 2.75) is 6.61 Å². The molecule has 0 saturated heterocycles. The van der Waals surface area contributed by atoms with Gasteiger partial charge in [0.15, 0.2) is 0 Å². The fraction of sp³-hybridized carbons (Fsp3) is 0.0476. The van der Waals surface area contributed by atoms with Crippen molar-refractivity contribution in [2.75, 3.05) is 5.43 Å². The second kappa shape index (κ2) is 8.87. The fourth-order valence-electron chi connectivity index (χ4n) is 2.33. The normalized spacial score (nSPS) is 10.7. The third-order valence-corrected chi connectivity index (χ3v) is 4.12. The first kappa shape index (κ1) is 18.5. The van der Waals surface area contributed by atoms with E-state index >= 15 is 0 Å². The molecule has 0 spiro atoms. The molecule has 0 aliphatic heterocycles. The Bertz CT molecular complexity index is 956. The number of aromatic carboxylic acids is 1. The van der Waals surface area contributed by atoms with Gasteiger partial charge in [-0.3, -0.25) is 5.43 Å². The second-order valence-electron chi connectivity index (χ2n) is 5.71. The second-order valence-corrected chi connectivity index (χ2v) is 6.11. The van der Waals surface area contributed by atoms with Crippen LogP contribution in [0.15, 0.2) is 77.9 Å². The van der Waals surface area contributed by atoms with Gasteiger partial charge in [0.1, 0.15) is 12.4 Å². The average Bonchev–Trinajstić information content (AvgIpc) is 2.68. The summed E-state index contributed by atoms with van der Waals surface area (Å²) in [4.78, 5) is 10.8. The van der Waals surface area contributed by atoms with E-state index in [1.54, 1.807) is 18.3 Å². The maximum absolute atomic E-state index is 10.8. The van der Waals surface area contributed by atoms with Crippen LogP contribution in [0.25, 0.3) is 0 Å². The maximum atomic E-state index is 10.8. The molecule has 0 aliphatic rings. The molecule has 3 aromatic rings. The van der Waals surface area contributed by atoms with Crippen molar-refractivity contribution in [1.82, 2.24) is 0 Å². The van der Waals surface area contributed by atoms with E-state index in [9.17, 15) is 4.79 Å². The Morgan fingerprint density at radius 1 is 1.07 bits per heavy atom. The van der Waals surface area contributed by atoms with Crippen molar-refractivity contribution in [3.05, 3.63) is 94.5 Å². The van der Waals surface area contributed by atoms with Gasteiger partial charge < -0.3 is 9.84 Å². The zero-order valence-electron chi connectivity index (χ0n) is 14.3. The standard InChI is InChI=1S/C21H17ClN2O3/c22-20-7-2-1-5-17(20)14-27-19-6-3-4-15(12-19)13-23-24-18-10-8-16(9-11-18)21(25)26/h1-13,24H,14H2,(H,25,26)/b23-13+. The van der Waals surface area contributed by atoms with E-state index in [1.165, 1.54) is 12.1 Å². The smallest absolute Gasteiger partial charge is 0.335 e. The van der Waals surface area contributed by atoms with E-state index in [4.69, 9.17) is 21.4 Å². The molecule has 2 N–H and O–H groups in total. The first-order valence-corrected chi connectivity index (χ1v) is 8.58. The SMILES string of the molecule is O=C(O)c1ccc(N/N=C/c2cccc(OCc3ccccc3Cl)c2)cc1. The highest BCUT2D eigenvalue weighted by Crippen LogP contribution is 2.19. The summed E-state index contributed by atoms with van der Waals surface area (Å²) in [5.41, 5.74) is 5.57. The Morgan fingerprint density at radius 3 is 2.59 bits per heavy atom. The summed E-state index contributed by atoms with van der Waals surface area (Å²) >= 11 is 6.13. The van der Waals surface area contributed by atoms with Gasteiger partial charge in [0.05, 0.1) is 17.5 Å². The molecule has 3 aromatic carbocycles. The van der Waals surface area contributed by atoms with Gasteiger partial charge in [-0.05, 0) is 48.0 Å². The molecule has 0 unspecified atom stereocenters. The van der Waals surface area contributed by atoms with Crippen LogP contribution < -0.4 is 10.2 Å². The Hall–Kier alpha value is -3.31. The molecule has 0 saturated carbocycles. The number of benzene rings is 3. The molecule has 136 valence electrons. The van der Waals surface area contributed by atoms with Crippen LogP contribution in [-0.2, 0) is 6.61 Å². The van der Waals surface area contributed by atoms with Gasteiger partial charge in [0.25, 0.3) is 0 Å². The molecule has 0 atom stereocenters. The molecule has 0 amide bonds. The average molecular weight is 381 g/mol. The maximum Gasteiger partial charge on any atom is 0.335 e. The third kappa shape index (κ3) is 5.33. The molecule has 27 heavy (non-hydrogen) atoms. The van der Waals surface area contributed by atoms with E-state index in [0.29, 0.717) is 23.1 Å². The molecule has 0 aliphatic carbocycles. The van der Waals surface area contributed by atoms with E-state index in [0.717, 1.165) is 11.1 Å². The lowest BCUT2D eigenvalue weighted by molar-refractivity contribution is 0.0697. The van der Waals surface area contributed by atoms with Crippen molar-refractivity contribution in [2.24, 2.45) is 5.10 Å². The first-order valence-electron chi connectivity index (χ1n) is 8.20. The molecule has 0 fully saturated rings. The van der Waals surface area contributed by atoms with Crippen molar-refractivity contribution in [3.8, 4) is 5.75 Å². The van der Waals surface area contributed by atoms with Crippen LogP contribution in [0.5, 0.6) is 5.75 Å². The van der Waals surface area contributed by atoms with E-state index < -0.39 is 5.97 Å². The number of hydrogen-bond donors (Lipinski definition) is 2. The summed E-state index contributed by atoms with van der Waals surface area (Å²) in [7, 11) is 0. The van der Waals surface area contributed by atoms with Crippen LogP contribution in [-0.4, -0.2) is 17.3 Å². The Morgan fingerprint density at radius 2 is 1.85 bits per heavy atom. The van der Waals surface area contributed by atoms with Crippen LogP contribution in [0.1, 0.15) is 21.5 Å². The van der Waals surface area contributed by atoms with Crippen LogP contribution >= 0.6 is 11.6 Å². The predicted octanol–water partition coefficient (Wildman–Crippen LogP) is 5.06. The van der Waals surface area contributed by atoms with Crippen molar-refractivity contribution < 1.29 is 14.6 Å². The summed E-state index contributed by atoms with van der Waals surface area (Å²) in [6, 6.07) is 21.4. The number of nitrogens with one attached hydrogen (secondary N) is 1. The summed E-state index contributed by atoms with van der Waals surface area (Å²) in [6.07, 6.45) is 1.66. The van der Waals surface area contributed by atoms with Crippen LogP contribution in [0.4, 0.5) is 5.69 Å². The van der Waals surface area contributed by atoms with E-state index in [2.05, 4.69) is 10.5 Å². The van der Waals surface area contributed by atoms with E-state index in [1.807, 2.05) is 48.5 Å². The predicted molar refractivity (Wildman–Crippen MR) is 107 cm³/mol. The summed E-state index contributed by atoms with van der Waals surface area (Å²) in [5, 5.41) is 13.7. The van der Waals surface area contributed by atoms with Crippen LogP contribution in [0.2, 0.25) is 5.02 Å². The van der Waals surface area contributed by atoms with Gasteiger partial charge in [-0.25, -0.2) is 4.79 Å². The lowest BCUT2D eigenvalue weighted by atomic mass is 10.2. The summed E-state index contributed by atoms with van der Waals surface area (Å²) < 4.78 is 5.79. The van der Waals surface area contributed by atoms with Gasteiger partial charge in [0.2, 0.25) is 0 Å². The molecule has 0 heterocycles. The molecule has 0 radical (unpaired) electrons. The Balaban J connectivity index is 1.59. The molecular weight excluding hydrogens is 364 g/mol. The molecule has 0 aromatic heterocycles. The third-order valence-electron chi connectivity index (χ3n) is 3.75. The lowest BCUT2D eigenvalue weighted by Crippen LogP contribution is -1.97. The largest absolute Gasteiger partial charge is 0.489 e. The van der Waals surface area contributed by atoms with Gasteiger partial charge in [-0.2, -0.15) is 5.10 Å². The number of nitrogens with zero attached hydrogens (tertiary/aromatic N) is 1. The van der Waals surface area contributed by atoms with Crippen LogP contribution in [0, 0.1) is 0 Å². The number of ether oxygens (including phenoxy) is 1. The van der Waals surface area contributed by atoms with Gasteiger partial charge in [-0.1, -0.05) is 41.9 Å². The van der Waals surface area contributed by atoms with Crippen molar-refractivity contribution >= 4 is 29.5 Å². The minimum Gasteiger partial charge on any atom is -0.489 e. The van der Waals surface area contributed by atoms with E-state index in [-0.39, 0.29) is 5.56 Å². The van der Waals surface area contributed by atoms with Crippen LogP contribution in [0.3, 0.4) is 0 Å². The zero-order chi connectivity index (χ0) is 19.1. The number of carboxylic acid groups (broad SMARTS) is 1. The minimum atomic E-state index is -0.960. The zero-order valence-corrected chi connectivity index (χ0v) is 15.1. The molecule has 5 nitrogen and oxygen atoms in total. The number of rotatable bonds is 7. The number of carbonyl (C=O) groups is 1. The summed E-state index contributed by atoms with van der Waals surface area (Å²) in [5.74, 6) is -0.247. The number of halogens is 1. The highest BCUT2D eigenvalue weighted by Gasteiger charge is 2.02. The molecule has 0 bridgehead atoms. The monoisotopic (exact) mass is 380 g/mol. The van der Waals surface area contributed by atoms with Crippen molar-refractivity contribution in [1.29, 1.82) is 0 Å². The Kier molecular flexibility index (Phi) is 6.07. The van der Waals surface area contributed by atoms with Crippen molar-refractivity contribution in [3.63, 3.8) is 0 Å². The quantitative estimate of drug-likeness (QED) is 0.443. The topological polar surface area (TPSA) is 70.9 Å². The molecular formula is C21H17ClN2O3. The highest BCUT2D eigenvalue weighted by molar-refractivity contribution is 6.31. The van der Waals surface area contributed by atoms with Gasteiger partial charge in [-0.15, -0.1) is 0 Å². The summed E-state index contributed by atoms with van der Waals surface area (Å²) in [6.45, 7) is 0.383. The number of hydrazone groups is 1. The molecule has 6 heteroatoms. The molecule has 3 rings (SSSR count). The number of carboxylic acids is 1. The van der Waals surface area contributed by atoms with Gasteiger partial charge in [0, 0.05) is 10.6 Å². The number of hydrogen-bond acceptors (Lipinski definition) is 4. The fourth-order valence-corrected chi connectivity index (χ4v) is 2.52. The van der Waals surface area contributed by atoms with Gasteiger partial charge >= 0.3 is 5.97 Å². The Labute approximate surface area is 161 Å². The highest BCUT2D eigenvalue weighted by atomic mass is 35.5. The number of anilines is 1.